The Morgan fingerprint density at radius 3 is 1.25 bits per heavy atom. The number of fused-ring (bicyclic) bond motifs is 3. The molecule has 72 heavy (non-hydrogen) atoms. The molecule has 10 rings (SSSR count). The average molecular weight is 962 g/mol. The molecule has 0 bridgehead atoms. The van der Waals surface area contributed by atoms with Crippen molar-refractivity contribution in [2.24, 2.45) is 0 Å². The number of aromatic hydroxyl groups is 3. The smallest absolute Gasteiger partial charge is 0.230 e. The SMILES string of the molecule is CCC(C)(C)c1cc(-n2nc3ccccc3n2)c(O)cc1Cc1nc(Cc2cc(C(C)(C)CC)c(-n3nc4ccccc4n3)cc2O)nc(Nc2cc(C(C)(C)CC)c(-n3nc4ccccc4n3)cc2O)n1. The second-order valence-corrected chi connectivity index (χ2v) is 20.5. The van der Waals surface area contributed by atoms with Gasteiger partial charge in [0, 0.05) is 30.5 Å². The lowest BCUT2D eigenvalue weighted by Gasteiger charge is -2.28. The van der Waals surface area contributed by atoms with Gasteiger partial charge in [-0.15, -0.1) is 45.0 Å². The summed E-state index contributed by atoms with van der Waals surface area (Å²) in [5.74, 6) is 0.934. The summed E-state index contributed by atoms with van der Waals surface area (Å²) in [5.41, 5.74) is 9.72. The molecule has 0 unspecified atom stereocenters. The molecular weight excluding hydrogens is 903 g/mol. The monoisotopic (exact) mass is 961 g/mol. The number of phenols is 3. The van der Waals surface area contributed by atoms with Crippen LogP contribution < -0.4 is 5.32 Å². The van der Waals surface area contributed by atoms with E-state index in [2.05, 4.69) is 77.8 Å². The first-order chi connectivity index (χ1) is 34.4. The van der Waals surface area contributed by atoms with E-state index in [1.54, 1.807) is 27.8 Å². The van der Waals surface area contributed by atoms with Gasteiger partial charge >= 0.3 is 0 Å². The number of hydrogen-bond donors (Lipinski definition) is 4. The van der Waals surface area contributed by atoms with E-state index in [4.69, 9.17) is 35.3 Å². The van der Waals surface area contributed by atoms with Crippen molar-refractivity contribution in [1.29, 1.82) is 0 Å². The van der Waals surface area contributed by atoms with Gasteiger partial charge in [0.15, 0.2) is 0 Å². The van der Waals surface area contributed by atoms with Crippen LogP contribution in [0.1, 0.15) is 121 Å². The van der Waals surface area contributed by atoms with Crippen molar-refractivity contribution in [2.75, 3.05) is 5.32 Å². The summed E-state index contributed by atoms with van der Waals surface area (Å²) in [6.07, 6.45) is 2.72. The molecule has 0 saturated carbocycles. The van der Waals surface area contributed by atoms with Crippen molar-refractivity contribution >= 4 is 44.7 Å². The minimum Gasteiger partial charge on any atom is -0.508 e. The minimum atomic E-state index is -0.365. The van der Waals surface area contributed by atoms with Crippen LogP contribution in [-0.4, -0.2) is 75.3 Å². The Kier molecular flexibility index (Phi) is 12.0. The lowest BCUT2D eigenvalue weighted by Crippen LogP contribution is -2.21. The van der Waals surface area contributed by atoms with Gasteiger partial charge in [0.05, 0.1) is 17.1 Å². The first-order valence-electron chi connectivity index (χ1n) is 24.5. The van der Waals surface area contributed by atoms with Gasteiger partial charge in [-0.3, -0.25) is 0 Å². The zero-order valence-corrected chi connectivity index (χ0v) is 42.1. The van der Waals surface area contributed by atoms with Crippen LogP contribution in [-0.2, 0) is 29.1 Å². The molecule has 4 heterocycles. The van der Waals surface area contributed by atoms with Crippen LogP contribution in [0, 0.1) is 0 Å². The lowest BCUT2D eigenvalue weighted by atomic mass is 9.78. The van der Waals surface area contributed by atoms with E-state index in [-0.39, 0.29) is 52.3 Å². The molecule has 0 aliphatic heterocycles. The molecule has 0 atom stereocenters. The Hall–Kier alpha value is -8.27. The Bertz CT molecular complexity index is 3420. The van der Waals surface area contributed by atoms with Gasteiger partial charge in [-0.2, -0.15) is 9.97 Å². The van der Waals surface area contributed by atoms with Crippen LogP contribution in [0.15, 0.2) is 109 Å². The fourth-order valence-corrected chi connectivity index (χ4v) is 9.03. The normalized spacial score (nSPS) is 12.4. The molecule has 366 valence electrons. The van der Waals surface area contributed by atoms with Gasteiger partial charge < -0.3 is 20.6 Å². The zero-order chi connectivity index (χ0) is 50.7. The number of hydrogen-bond acceptors (Lipinski definition) is 13. The predicted octanol–water partition coefficient (Wildman–Crippen LogP) is 11.2. The van der Waals surface area contributed by atoms with Crippen LogP contribution in [0.25, 0.3) is 50.2 Å². The van der Waals surface area contributed by atoms with Crippen molar-refractivity contribution < 1.29 is 15.3 Å². The Morgan fingerprint density at radius 2 is 0.806 bits per heavy atom. The third-order valence-corrected chi connectivity index (χ3v) is 14.5. The lowest BCUT2D eigenvalue weighted by molar-refractivity contribution is 0.461. The fourth-order valence-electron chi connectivity index (χ4n) is 9.03. The fraction of sp³-hybridized carbons (Fsp3) is 0.304. The van der Waals surface area contributed by atoms with Crippen LogP contribution in [0.5, 0.6) is 17.2 Å². The number of rotatable bonds is 15. The Balaban J connectivity index is 1.10. The highest BCUT2D eigenvalue weighted by molar-refractivity contribution is 5.76. The number of nitrogens with one attached hydrogen (secondary N) is 1. The topological polar surface area (TPSA) is 204 Å². The number of nitrogens with zero attached hydrogens (tertiary/aromatic N) is 12. The first kappa shape index (κ1) is 47.4. The molecule has 0 fully saturated rings. The molecule has 0 spiro atoms. The highest BCUT2D eigenvalue weighted by Crippen LogP contribution is 2.41. The minimum absolute atomic E-state index is 0.000108. The molecule has 0 saturated heterocycles. The molecule has 16 heteroatoms. The third kappa shape index (κ3) is 8.92. The summed E-state index contributed by atoms with van der Waals surface area (Å²) in [7, 11) is 0. The van der Waals surface area contributed by atoms with Gasteiger partial charge in [0.25, 0.3) is 0 Å². The molecule has 0 aliphatic rings. The van der Waals surface area contributed by atoms with E-state index in [1.165, 1.54) is 4.80 Å². The zero-order valence-electron chi connectivity index (χ0n) is 42.1. The summed E-state index contributed by atoms with van der Waals surface area (Å²) in [6, 6.07) is 34.0. The predicted molar refractivity (Wildman–Crippen MR) is 280 cm³/mol. The van der Waals surface area contributed by atoms with Crippen LogP contribution in [0.2, 0.25) is 0 Å². The quantitative estimate of drug-likeness (QED) is 0.0707. The maximum absolute atomic E-state index is 11.9. The molecule has 0 aliphatic carbocycles. The molecule has 0 radical (unpaired) electrons. The Labute approximate surface area is 417 Å². The van der Waals surface area contributed by atoms with Crippen molar-refractivity contribution in [3.63, 3.8) is 0 Å². The average Bonchev–Trinajstić information content (AvgIpc) is 4.12. The second kappa shape index (κ2) is 18.2. The van der Waals surface area contributed by atoms with Gasteiger partial charge in [0.1, 0.15) is 67.7 Å². The summed E-state index contributed by atoms with van der Waals surface area (Å²) in [4.78, 5) is 19.7. The van der Waals surface area contributed by atoms with Crippen molar-refractivity contribution in [3.05, 3.63) is 149 Å². The molecule has 4 N–H and O–H groups in total. The van der Waals surface area contributed by atoms with Gasteiger partial charge in [-0.05, 0) is 118 Å². The van der Waals surface area contributed by atoms with Crippen LogP contribution in [0.4, 0.5) is 11.6 Å². The highest BCUT2D eigenvalue weighted by Gasteiger charge is 2.30. The molecular formula is C56H59N13O3. The second-order valence-electron chi connectivity index (χ2n) is 20.5. The number of anilines is 2. The van der Waals surface area contributed by atoms with E-state index < -0.39 is 0 Å². The van der Waals surface area contributed by atoms with Crippen LogP contribution in [0.3, 0.4) is 0 Å². The van der Waals surface area contributed by atoms with Gasteiger partial charge in [0.2, 0.25) is 5.95 Å². The maximum Gasteiger partial charge on any atom is 0.230 e. The summed E-state index contributed by atoms with van der Waals surface area (Å²) >= 11 is 0. The number of phenolic OH excluding ortho intramolecular Hbond substituents is 3. The third-order valence-electron chi connectivity index (χ3n) is 14.5. The molecule has 4 aromatic heterocycles. The summed E-state index contributed by atoms with van der Waals surface area (Å²) < 4.78 is 0. The van der Waals surface area contributed by atoms with Crippen LogP contribution >= 0.6 is 0 Å². The largest absolute Gasteiger partial charge is 0.508 e. The Morgan fingerprint density at radius 1 is 0.417 bits per heavy atom. The summed E-state index contributed by atoms with van der Waals surface area (Å²) in [6.45, 7) is 19.3. The number of aromatic nitrogens is 12. The van der Waals surface area contributed by atoms with Gasteiger partial charge in [-0.25, -0.2) is 4.98 Å². The maximum atomic E-state index is 11.9. The number of benzene rings is 6. The van der Waals surface area contributed by atoms with E-state index in [9.17, 15) is 15.3 Å². The summed E-state index contributed by atoms with van der Waals surface area (Å²) in [5, 5.41) is 67.4. The first-order valence-corrected chi connectivity index (χ1v) is 24.5. The highest BCUT2D eigenvalue weighted by atomic mass is 16.3. The molecule has 6 aromatic carbocycles. The van der Waals surface area contributed by atoms with Gasteiger partial charge in [-0.1, -0.05) is 98.7 Å². The standard InChI is InChI=1S/C56H59N13O3/c1-10-54(4,5)35-30-47(69-65-42-23-17-18-24-43(42)66-69)50(72)26-33(35)27-51-58-52(28-34-25-36(55(6,7)11-2)45(31-48(34)70)67-61-38-19-13-14-20-39(38)62-67)60-53(59-51)57-44-29-37(56(8,9)12-3)46(32-49(44)71)68-63-40-21-15-16-22-41(40)64-68/h13-26,29-32,70-72H,10-12,27-28H2,1-9H3,(H,57,58,59,60). The van der Waals surface area contributed by atoms with Crippen molar-refractivity contribution in [1.82, 2.24) is 59.9 Å². The molecule has 16 nitrogen and oxygen atoms in total. The van der Waals surface area contributed by atoms with E-state index in [0.29, 0.717) is 51.0 Å². The van der Waals surface area contributed by atoms with Crippen molar-refractivity contribution in [3.8, 4) is 34.3 Å². The molecule has 10 aromatic rings. The van der Waals surface area contributed by atoms with Crippen molar-refractivity contribution in [2.45, 2.75) is 111 Å². The molecule has 0 amide bonds. The van der Waals surface area contributed by atoms with E-state index >= 15 is 0 Å². The van der Waals surface area contributed by atoms with E-state index in [1.807, 2.05) is 91.0 Å². The van der Waals surface area contributed by atoms with E-state index in [0.717, 1.165) is 63.6 Å².